The van der Waals surface area contributed by atoms with Gasteiger partial charge in [0.05, 0.1) is 13.2 Å². The Kier molecular flexibility index (Phi) is 7.57. The van der Waals surface area contributed by atoms with E-state index in [2.05, 4.69) is 15.3 Å². The van der Waals surface area contributed by atoms with Gasteiger partial charge in [-0.05, 0) is 12.1 Å². The second-order valence-corrected chi connectivity index (χ2v) is 7.91. The summed E-state index contributed by atoms with van der Waals surface area (Å²) >= 11 is 0. The molecule has 2 N–H and O–H groups in total. The van der Waals surface area contributed by atoms with Crippen molar-refractivity contribution in [1.82, 2.24) is 24.5 Å². The number of methoxy groups -OCH3 is 1. The van der Waals surface area contributed by atoms with Crippen molar-refractivity contribution in [3.63, 3.8) is 0 Å². The quantitative estimate of drug-likeness (QED) is 0.616. The Balaban J connectivity index is 0.00000261. The number of pyridine rings is 1. The Morgan fingerprint density at radius 3 is 2.78 bits per heavy atom. The van der Waals surface area contributed by atoms with Gasteiger partial charge in [-0.1, -0.05) is 0 Å². The van der Waals surface area contributed by atoms with Crippen molar-refractivity contribution in [3.05, 3.63) is 24.5 Å². The summed E-state index contributed by atoms with van der Waals surface area (Å²) in [6.07, 6.45) is 3.09. The van der Waals surface area contributed by atoms with Crippen molar-refractivity contribution in [2.75, 3.05) is 53.0 Å². The van der Waals surface area contributed by atoms with E-state index < -0.39 is 10.0 Å². The summed E-state index contributed by atoms with van der Waals surface area (Å²) in [5.41, 5.74) is 0.544. The molecule has 0 unspecified atom stereocenters. The van der Waals surface area contributed by atoms with Gasteiger partial charge in [0.2, 0.25) is 15.9 Å². The number of sulfonamides is 1. The second-order valence-electron chi connectivity index (χ2n) is 6.01. The van der Waals surface area contributed by atoms with Gasteiger partial charge in [0.25, 0.3) is 0 Å². The summed E-state index contributed by atoms with van der Waals surface area (Å²) in [7, 11) is -2.02. The molecule has 1 aliphatic heterocycles. The SMILES string of the molecule is COCCNCC(=O)N1CCN(S(=O)(=O)c2c[nH]c3ncccc23)CC1.Cl. The van der Waals surface area contributed by atoms with Crippen LogP contribution in [0.25, 0.3) is 11.0 Å². The number of fused-ring (bicyclic) bond motifs is 1. The maximum Gasteiger partial charge on any atom is 0.245 e. The average Bonchev–Trinajstić information content (AvgIpc) is 3.10. The summed E-state index contributed by atoms with van der Waals surface area (Å²) < 4.78 is 32.2. The van der Waals surface area contributed by atoms with Gasteiger partial charge in [0.1, 0.15) is 10.5 Å². The van der Waals surface area contributed by atoms with Gasteiger partial charge in [-0.15, -0.1) is 12.4 Å². The molecule has 9 nitrogen and oxygen atoms in total. The molecule has 150 valence electrons. The predicted molar refractivity (Wildman–Crippen MR) is 103 cm³/mol. The number of hydrogen-bond acceptors (Lipinski definition) is 6. The molecule has 1 saturated heterocycles. The van der Waals surface area contributed by atoms with E-state index in [9.17, 15) is 13.2 Å². The number of nitrogens with zero attached hydrogens (tertiary/aromatic N) is 3. The number of aromatic nitrogens is 2. The van der Waals surface area contributed by atoms with Crippen molar-refractivity contribution in [2.45, 2.75) is 4.90 Å². The van der Waals surface area contributed by atoms with E-state index in [1.54, 1.807) is 30.3 Å². The van der Waals surface area contributed by atoms with E-state index in [1.807, 2.05) is 0 Å². The first-order valence-corrected chi connectivity index (χ1v) is 9.87. The molecule has 0 aromatic carbocycles. The standard InChI is InChI=1S/C16H23N5O4S.ClH/c1-25-10-5-17-12-15(22)20-6-8-21(9-7-20)26(23,24)14-11-19-16-13(14)3-2-4-18-16;/h2-4,11,17H,5-10,12H2,1H3,(H,18,19);1H. The lowest BCUT2D eigenvalue weighted by atomic mass is 10.3. The van der Waals surface area contributed by atoms with Crippen LogP contribution in [0, 0.1) is 0 Å². The largest absolute Gasteiger partial charge is 0.383 e. The minimum atomic E-state index is -3.63. The molecule has 3 heterocycles. The molecule has 3 rings (SSSR count). The number of halogens is 1. The molecule has 0 atom stereocenters. The topological polar surface area (TPSA) is 108 Å². The first-order valence-electron chi connectivity index (χ1n) is 8.43. The van der Waals surface area contributed by atoms with Gasteiger partial charge in [0.15, 0.2) is 0 Å². The van der Waals surface area contributed by atoms with E-state index in [-0.39, 0.29) is 42.8 Å². The van der Waals surface area contributed by atoms with Crippen LogP contribution in [0.1, 0.15) is 0 Å². The molecule has 2 aromatic rings. The predicted octanol–water partition coefficient (Wildman–Crippen LogP) is 0.0536. The number of carbonyl (C=O) groups excluding carboxylic acids is 1. The summed E-state index contributed by atoms with van der Waals surface area (Å²) in [4.78, 5) is 21.1. The third kappa shape index (κ3) is 4.77. The van der Waals surface area contributed by atoms with Crippen molar-refractivity contribution >= 4 is 39.4 Å². The van der Waals surface area contributed by atoms with Crippen molar-refractivity contribution < 1.29 is 17.9 Å². The van der Waals surface area contributed by atoms with E-state index in [4.69, 9.17) is 4.74 Å². The van der Waals surface area contributed by atoms with Crippen LogP contribution in [0.3, 0.4) is 0 Å². The zero-order valence-corrected chi connectivity index (χ0v) is 16.7. The fraction of sp³-hybridized carbons (Fsp3) is 0.500. The fourth-order valence-electron chi connectivity index (χ4n) is 2.94. The maximum absolute atomic E-state index is 12.9. The average molecular weight is 418 g/mol. The molecule has 1 amide bonds. The highest BCUT2D eigenvalue weighted by Crippen LogP contribution is 2.25. The maximum atomic E-state index is 12.9. The van der Waals surface area contributed by atoms with Crippen LogP contribution in [0.2, 0.25) is 0 Å². The lowest BCUT2D eigenvalue weighted by Crippen LogP contribution is -2.52. The Bertz CT molecular complexity index is 865. The van der Waals surface area contributed by atoms with Gasteiger partial charge >= 0.3 is 0 Å². The number of hydrogen-bond donors (Lipinski definition) is 2. The van der Waals surface area contributed by atoms with E-state index >= 15 is 0 Å². The lowest BCUT2D eigenvalue weighted by Gasteiger charge is -2.34. The Labute approximate surface area is 164 Å². The monoisotopic (exact) mass is 417 g/mol. The smallest absolute Gasteiger partial charge is 0.245 e. The van der Waals surface area contributed by atoms with Crippen LogP contribution in [0.15, 0.2) is 29.4 Å². The number of aromatic amines is 1. The van der Waals surface area contributed by atoms with Crippen LogP contribution in [-0.2, 0) is 19.6 Å². The van der Waals surface area contributed by atoms with Crippen LogP contribution < -0.4 is 5.32 Å². The number of piperazine rings is 1. The third-order valence-corrected chi connectivity index (χ3v) is 6.32. The lowest BCUT2D eigenvalue weighted by molar-refractivity contribution is -0.131. The molecule has 0 radical (unpaired) electrons. The third-order valence-electron chi connectivity index (χ3n) is 4.38. The first kappa shape index (κ1) is 21.6. The van der Waals surface area contributed by atoms with Crippen LogP contribution in [0.4, 0.5) is 0 Å². The highest BCUT2D eigenvalue weighted by Gasteiger charge is 2.31. The molecule has 0 bridgehead atoms. The van der Waals surface area contributed by atoms with E-state index in [1.165, 1.54) is 10.5 Å². The normalized spacial score (nSPS) is 15.7. The van der Waals surface area contributed by atoms with Gasteiger partial charge in [-0.25, -0.2) is 13.4 Å². The minimum absolute atomic E-state index is 0. The van der Waals surface area contributed by atoms with Gasteiger partial charge < -0.3 is 19.9 Å². The molecule has 0 aliphatic carbocycles. The molecule has 0 spiro atoms. The molecule has 2 aromatic heterocycles. The molecular formula is C16H24ClN5O4S. The zero-order chi connectivity index (χ0) is 18.6. The molecular weight excluding hydrogens is 394 g/mol. The summed E-state index contributed by atoms with van der Waals surface area (Å²) in [5, 5.41) is 3.59. The van der Waals surface area contributed by atoms with Gasteiger partial charge in [0, 0.05) is 57.6 Å². The van der Waals surface area contributed by atoms with Crippen molar-refractivity contribution in [3.8, 4) is 0 Å². The summed E-state index contributed by atoms with van der Waals surface area (Å²) in [6, 6.07) is 3.44. The zero-order valence-electron chi connectivity index (χ0n) is 15.1. The number of carbonyl (C=O) groups is 1. The molecule has 1 fully saturated rings. The Hall–Kier alpha value is -1.72. The second kappa shape index (κ2) is 9.47. The number of amides is 1. The number of nitrogens with one attached hydrogen (secondary N) is 2. The molecule has 1 aliphatic rings. The van der Waals surface area contributed by atoms with Crippen molar-refractivity contribution in [2.24, 2.45) is 0 Å². The van der Waals surface area contributed by atoms with Crippen LogP contribution >= 0.6 is 12.4 Å². The Morgan fingerprint density at radius 2 is 2.07 bits per heavy atom. The van der Waals surface area contributed by atoms with Gasteiger partial charge in [-0.2, -0.15) is 4.31 Å². The van der Waals surface area contributed by atoms with Crippen molar-refractivity contribution in [1.29, 1.82) is 0 Å². The highest BCUT2D eigenvalue weighted by atomic mass is 35.5. The molecule has 27 heavy (non-hydrogen) atoms. The number of rotatable bonds is 7. The van der Waals surface area contributed by atoms with Crippen LogP contribution in [-0.4, -0.2) is 86.5 Å². The van der Waals surface area contributed by atoms with E-state index in [0.717, 1.165) is 0 Å². The minimum Gasteiger partial charge on any atom is -0.383 e. The van der Waals surface area contributed by atoms with E-state index in [0.29, 0.717) is 37.3 Å². The highest BCUT2D eigenvalue weighted by molar-refractivity contribution is 7.89. The molecule has 11 heteroatoms. The number of ether oxygens (including phenoxy) is 1. The fourth-order valence-corrected chi connectivity index (χ4v) is 4.52. The summed E-state index contributed by atoms with van der Waals surface area (Å²) in [6.45, 7) is 2.68. The number of H-pyrrole nitrogens is 1. The van der Waals surface area contributed by atoms with Crippen LogP contribution in [0.5, 0.6) is 0 Å². The first-order chi connectivity index (χ1) is 12.5. The van der Waals surface area contributed by atoms with Gasteiger partial charge in [-0.3, -0.25) is 4.79 Å². The summed E-state index contributed by atoms with van der Waals surface area (Å²) in [5.74, 6) is -0.0329. The Morgan fingerprint density at radius 1 is 1.33 bits per heavy atom. The molecule has 0 saturated carbocycles.